The molecule has 0 aliphatic carbocycles. The van der Waals surface area contributed by atoms with Crippen LogP contribution in [0.1, 0.15) is 69.8 Å². The second-order valence-electron chi connectivity index (χ2n) is 5.81. The zero-order valence-electron chi connectivity index (χ0n) is 12.5. The van der Waals surface area contributed by atoms with Gasteiger partial charge in [0.2, 0.25) is 0 Å². The van der Waals surface area contributed by atoms with Gasteiger partial charge < -0.3 is 4.74 Å². The molecule has 2 rings (SSSR count). The van der Waals surface area contributed by atoms with Gasteiger partial charge in [-0.1, -0.05) is 69.4 Å². The molecule has 1 saturated heterocycles. The summed E-state index contributed by atoms with van der Waals surface area (Å²) in [6.07, 6.45) is 9.77. The summed E-state index contributed by atoms with van der Waals surface area (Å²) in [4.78, 5) is 11.9. The smallest absolute Gasteiger partial charge is 0.313 e. The average molecular weight is 274 g/mol. The molecule has 0 saturated carbocycles. The minimum absolute atomic E-state index is 0.0350. The first-order valence-electron chi connectivity index (χ1n) is 8.06. The topological polar surface area (TPSA) is 26.3 Å². The van der Waals surface area contributed by atoms with Crippen molar-refractivity contribution in [1.82, 2.24) is 0 Å². The van der Waals surface area contributed by atoms with Gasteiger partial charge in [-0.25, -0.2) is 0 Å². The van der Waals surface area contributed by atoms with Crippen molar-refractivity contribution in [3.63, 3.8) is 0 Å². The maximum Gasteiger partial charge on any atom is 0.313 e. The Labute approximate surface area is 122 Å². The SMILES string of the molecule is CCCCCCCC[C@@H]1C[C@H](c2ccccc2)C(=O)O1. The number of hydrogen-bond acceptors (Lipinski definition) is 2. The fraction of sp³-hybridized carbons (Fsp3) is 0.611. The minimum Gasteiger partial charge on any atom is -0.462 e. The number of rotatable bonds is 8. The number of hydrogen-bond donors (Lipinski definition) is 0. The molecule has 0 spiro atoms. The predicted molar refractivity (Wildman–Crippen MR) is 81.7 cm³/mol. The lowest BCUT2D eigenvalue weighted by atomic mass is 9.94. The number of esters is 1. The van der Waals surface area contributed by atoms with Crippen molar-refractivity contribution in [2.45, 2.75) is 70.3 Å². The third-order valence-electron chi connectivity index (χ3n) is 4.15. The third kappa shape index (κ3) is 4.36. The number of cyclic esters (lactones) is 1. The average Bonchev–Trinajstić information content (AvgIpc) is 2.85. The molecule has 1 fully saturated rings. The van der Waals surface area contributed by atoms with E-state index in [0.29, 0.717) is 0 Å². The summed E-state index contributed by atoms with van der Waals surface area (Å²) in [6.45, 7) is 2.24. The summed E-state index contributed by atoms with van der Waals surface area (Å²) >= 11 is 0. The van der Waals surface area contributed by atoms with Crippen LogP contribution in [0.3, 0.4) is 0 Å². The number of carbonyl (C=O) groups is 1. The van der Waals surface area contributed by atoms with Crippen molar-refractivity contribution in [2.75, 3.05) is 0 Å². The van der Waals surface area contributed by atoms with Crippen molar-refractivity contribution >= 4 is 5.97 Å². The molecule has 0 amide bonds. The number of benzene rings is 1. The Bertz CT molecular complexity index is 399. The highest BCUT2D eigenvalue weighted by molar-refractivity contribution is 5.80. The van der Waals surface area contributed by atoms with E-state index in [1.807, 2.05) is 30.3 Å². The van der Waals surface area contributed by atoms with Gasteiger partial charge in [0, 0.05) is 6.42 Å². The van der Waals surface area contributed by atoms with Crippen LogP contribution in [-0.2, 0) is 9.53 Å². The summed E-state index contributed by atoms with van der Waals surface area (Å²) < 4.78 is 5.52. The van der Waals surface area contributed by atoms with Gasteiger partial charge in [-0.2, -0.15) is 0 Å². The Morgan fingerprint density at radius 3 is 2.50 bits per heavy atom. The molecule has 1 aliphatic rings. The first-order valence-corrected chi connectivity index (χ1v) is 8.06. The van der Waals surface area contributed by atoms with E-state index in [1.165, 1.54) is 38.5 Å². The normalized spacial score (nSPS) is 21.9. The molecule has 2 atom stereocenters. The second kappa shape index (κ2) is 8.08. The largest absolute Gasteiger partial charge is 0.462 e. The van der Waals surface area contributed by atoms with Gasteiger partial charge >= 0.3 is 5.97 Å². The number of ether oxygens (including phenoxy) is 1. The Balaban J connectivity index is 1.70. The molecule has 0 bridgehead atoms. The van der Waals surface area contributed by atoms with Crippen LogP contribution in [0.25, 0.3) is 0 Å². The van der Waals surface area contributed by atoms with E-state index in [9.17, 15) is 4.79 Å². The van der Waals surface area contributed by atoms with E-state index in [4.69, 9.17) is 4.74 Å². The van der Waals surface area contributed by atoms with Crippen molar-refractivity contribution in [3.8, 4) is 0 Å². The standard InChI is InChI=1S/C18H26O2/c1-2-3-4-5-6-10-13-16-14-17(18(19)20-16)15-11-8-7-9-12-15/h7-9,11-12,16-17H,2-6,10,13-14H2,1H3/t16-,17-/m1/s1. The zero-order chi connectivity index (χ0) is 14.2. The van der Waals surface area contributed by atoms with Gasteiger partial charge in [0.1, 0.15) is 6.10 Å². The fourth-order valence-electron chi connectivity index (χ4n) is 2.94. The van der Waals surface area contributed by atoms with Crippen LogP contribution in [0.4, 0.5) is 0 Å². The zero-order valence-corrected chi connectivity index (χ0v) is 12.5. The van der Waals surface area contributed by atoms with Gasteiger partial charge in [0.25, 0.3) is 0 Å². The number of unbranched alkanes of at least 4 members (excludes halogenated alkanes) is 5. The highest BCUT2D eigenvalue weighted by Crippen LogP contribution is 2.32. The molecule has 2 nitrogen and oxygen atoms in total. The molecular weight excluding hydrogens is 248 g/mol. The lowest BCUT2D eigenvalue weighted by Gasteiger charge is -2.08. The molecule has 110 valence electrons. The summed E-state index contributed by atoms with van der Waals surface area (Å²) in [5.74, 6) is -0.0755. The molecule has 1 aliphatic heterocycles. The lowest BCUT2D eigenvalue weighted by Crippen LogP contribution is -2.06. The van der Waals surface area contributed by atoms with E-state index in [2.05, 4.69) is 6.92 Å². The van der Waals surface area contributed by atoms with Gasteiger partial charge in [-0.3, -0.25) is 4.79 Å². The van der Waals surface area contributed by atoms with Crippen LogP contribution in [0.2, 0.25) is 0 Å². The summed E-state index contributed by atoms with van der Waals surface area (Å²) in [7, 11) is 0. The van der Waals surface area contributed by atoms with E-state index in [0.717, 1.165) is 18.4 Å². The Kier molecular flexibility index (Phi) is 6.10. The minimum atomic E-state index is -0.0405. The monoisotopic (exact) mass is 274 g/mol. The number of carbonyl (C=O) groups excluding carboxylic acids is 1. The van der Waals surface area contributed by atoms with Gasteiger partial charge in [0.05, 0.1) is 5.92 Å². The molecule has 0 unspecified atom stereocenters. The fourth-order valence-corrected chi connectivity index (χ4v) is 2.94. The Morgan fingerprint density at radius 2 is 1.75 bits per heavy atom. The predicted octanol–water partition coefficient (Wildman–Crippen LogP) is 4.84. The summed E-state index contributed by atoms with van der Waals surface area (Å²) in [5.41, 5.74) is 1.10. The van der Waals surface area contributed by atoms with Crippen LogP contribution in [0.15, 0.2) is 30.3 Å². The van der Waals surface area contributed by atoms with E-state index in [-0.39, 0.29) is 18.0 Å². The molecular formula is C18H26O2. The van der Waals surface area contributed by atoms with Crippen LogP contribution < -0.4 is 0 Å². The third-order valence-corrected chi connectivity index (χ3v) is 4.15. The lowest BCUT2D eigenvalue weighted by molar-refractivity contribution is -0.142. The molecule has 20 heavy (non-hydrogen) atoms. The van der Waals surface area contributed by atoms with Crippen LogP contribution in [0.5, 0.6) is 0 Å². The molecule has 0 aromatic heterocycles. The molecule has 0 radical (unpaired) electrons. The molecule has 1 heterocycles. The maximum absolute atomic E-state index is 11.9. The van der Waals surface area contributed by atoms with Gasteiger partial charge in [-0.15, -0.1) is 0 Å². The van der Waals surface area contributed by atoms with Crippen molar-refractivity contribution in [3.05, 3.63) is 35.9 Å². The highest BCUT2D eigenvalue weighted by Gasteiger charge is 2.34. The van der Waals surface area contributed by atoms with Crippen molar-refractivity contribution < 1.29 is 9.53 Å². The first kappa shape index (κ1) is 15.1. The molecule has 1 aromatic carbocycles. The van der Waals surface area contributed by atoms with Crippen LogP contribution >= 0.6 is 0 Å². The van der Waals surface area contributed by atoms with Crippen LogP contribution in [0, 0.1) is 0 Å². The molecule has 2 heteroatoms. The van der Waals surface area contributed by atoms with Gasteiger partial charge in [0.15, 0.2) is 0 Å². The molecule has 0 N–H and O–H groups in total. The highest BCUT2D eigenvalue weighted by atomic mass is 16.5. The second-order valence-corrected chi connectivity index (χ2v) is 5.81. The van der Waals surface area contributed by atoms with Crippen LogP contribution in [-0.4, -0.2) is 12.1 Å². The van der Waals surface area contributed by atoms with Gasteiger partial charge in [-0.05, 0) is 18.4 Å². The summed E-state index contributed by atoms with van der Waals surface area (Å²) in [5, 5.41) is 0. The summed E-state index contributed by atoms with van der Waals surface area (Å²) in [6, 6.07) is 10.0. The maximum atomic E-state index is 11.9. The van der Waals surface area contributed by atoms with E-state index in [1.54, 1.807) is 0 Å². The Hall–Kier alpha value is -1.31. The van der Waals surface area contributed by atoms with Crippen molar-refractivity contribution in [2.24, 2.45) is 0 Å². The quantitative estimate of drug-likeness (QED) is 0.501. The molecule has 1 aromatic rings. The van der Waals surface area contributed by atoms with Crippen molar-refractivity contribution in [1.29, 1.82) is 0 Å². The van der Waals surface area contributed by atoms with E-state index >= 15 is 0 Å². The first-order chi connectivity index (χ1) is 9.81. The van der Waals surface area contributed by atoms with E-state index < -0.39 is 0 Å². The Morgan fingerprint density at radius 1 is 1.05 bits per heavy atom.